The fourth-order valence-corrected chi connectivity index (χ4v) is 23.0. The minimum Gasteiger partial charge on any atom is -0.309 e. The van der Waals surface area contributed by atoms with Crippen LogP contribution in [-0.4, -0.2) is 51.1 Å². The number of fused-ring (bicyclic) bond motifs is 27. The lowest BCUT2D eigenvalue weighted by Gasteiger charge is -2.17. The van der Waals surface area contributed by atoms with Gasteiger partial charge in [-0.05, 0) is 195 Å². The highest BCUT2D eigenvalue weighted by molar-refractivity contribution is 6.17. The van der Waals surface area contributed by atoms with Gasteiger partial charge in [-0.1, -0.05) is 321 Å². The molecule has 0 atom stereocenters. The van der Waals surface area contributed by atoms with Gasteiger partial charge in [-0.2, -0.15) is 5.26 Å². The van der Waals surface area contributed by atoms with Crippen molar-refractivity contribution in [3.8, 4) is 57.8 Å². The molecule has 0 N–H and O–H groups in total. The first kappa shape index (κ1) is 82.6. The lowest BCUT2D eigenvalue weighted by atomic mass is 10.1. The third-order valence-corrected chi connectivity index (χ3v) is 29.1. The first-order chi connectivity index (χ1) is 71.4. The van der Waals surface area contributed by atoms with Gasteiger partial charge in [0.15, 0.2) is 0 Å². The van der Waals surface area contributed by atoms with E-state index in [2.05, 4.69) is 521 Å². The molecule has 0 bridgehead atoms. The number of aryl methyl sites for hydroxylation is 1. The second-order valence-corrected chi connectivity index (χ2v) is 37.1. The van der Waals surface area contributed by atoms with Crippen molar-refractivity contribution in [2.24, 2.45) is 0 Å². The van der Waals surface area contributed by atoms with Crippen LogP contribution in [0.15, 0.2) is 504 Å². The van der Waals surface area contributed by atoms with Crippen molar-refractivity contribution in [1.82, 2.24) is 51.1 Å². The Morgan fingerprint density at radius 1 is 0.146 bits per heavy atom. The molecule has 0 amide bonds. The normalized spacial score (nSPS) is 11.8. The van der Waals surface area contributed by atoms with Crippen LogP contribution in [0.25, 0.3) is 248 Å². The Kier molecular flexibility index (Phi) is 19.3. The van der Waals surface area contributed by atoms with Gasteiger partial charge in [0.05, 0.1) is 128 Å². The average molecular weight is 1840 g/mol. The average Bonchev–Trinajstić information content (AvgIpc) is 1.61. The Morgan fingerprint density at radius 3 is 0.535 bits per heavy atom. The number of rotatable bonds is 9. The highest BCUT2D eigenvalue weighted by atomic mass is 15.2. The molecule has 20 aromatic carbocycles. The molecule has 674 valence electrons. The van der Waals surface area contributed by atoms with E-state index in [1.807, 2.05) is 36.4 Å². The molecule has 0 saturated carbocycles. The minimum absolute atomic E-state index is 0.655. The summed E-state index contributed by atoms with van der Waals surface area (Å²) in [6, 6.07) is 181. The SMILES string of the molecule is Cc1ccc2c(c1)c1ccccc1n2-c1cccc(-n2c3ccccc3c3cc(C#N)ccc32)n1.c1cc(-n2c3ccccc3c3ccccc32)cc(-n2c3ccccc3c3ccccc32)c1.c1cc(-n2c3ccccc3c3ccccc32)nc(-n2c3ccccc3c3ccccc32)c1.c1ccc2c(c1)c1ccccc1n2-c1cc(-n2c3ccccc3c3ccccc32)cc(-n2c3ccccc3c3ccccc32)c1. The van der Waals surface area contributed by atoms with Crippen LogP contribution in [0.3, 0.4) is 0 Å². The van der Waals surface area contributed by atoms with Gasteiger partial charge in [0.2, 0.25) is 0 Å². The third kappa shape index (κ3) is 13.1. The molecule has 31 aromatic rings. The van der Waals surface area contributed by atoms with Crippen LogP contribution in [0.4, 0.5) is 0 Å². The summed E-state index contributed by atoms with van der Waals surface area (Å²) < 4.78 is 21.0. The molecule has 144 heavy (non-hydrogen) atoms. The lowest BCUT2D eigenvalue weighted by molar-refractivity contribution is 1.01. The standard InChI is InChI=1S/C42H27N3.C31H20N4.C30H20N2.C29H19N3/c1-7-19-37-31(13-1)32-14-2-8-20-38(32)43(37)28-25-29(44-39-21-9-3-15-33(39)34-16-4-10-22-40(34)44)27-30(26-28)45-41-23-11-5-17-35(41)36-18-6-12-24-42(36)45;1-20-13-15-28-24(17-20)22-7-2-4-9-26(22)34(28)30-11-6-12-31(33-30)35-27-10-5-3-8-23(27)25-18-21(19-32)14-16-29(25)35;1-5-16-27-23(12-1)24-13-2-6-17-28(24)31(27)21-10-9-11-22(20-21)32-29-18-7-3-14-25(29)26-15-4-8-19-30(26)32;1-5-14-24-20(10-1)21-11-2-6-15-25(21)31(24)28-18-9-19-29(30-28)32-26-16-7-3-12-22(26)23-13-4-8-17-27(23)32/h1-27H;2-18H,1H3;1-20H;1-19H. The second-order valence-electron chi connectivity index (χ2n) is 37.1. The second kappa shape index (κ2) is 33.6. The van der Waals surface area contributed by atoms with E-state index in [4.69, 9.17) is 9.97 Å². The summed E-state index contributed by atoms with van der Waals surface area (Å²) in [5.74, 6) is 3.55. The van der Waals surface area contributed by atoms with Gasteiger partial charge < -0.3 is 22.8 Å². The molecule has 0 aliphatic carbocycles. The quantitative estimate of drug-likeness (QED) is 0.144. The van der Waals surface area contributed by atoms with E-state index >= 15 is 0 Å². The fraction of sp³-hybridized carbons (Fsp3) is 0.00758. The van der Waals surface area contributed by atoms with Crippen molar-refractivity contribution in [2.45, 2.75) is 6.92 Å². The van der Waals surface area contributed by atoms with Crippen LogP contribution >= 0.6 is 0 Å². The zero-order chi connectivity index (χ0) is 95.1. The largest absolute Gasteiger partial charge is 0.309 e. The van der Waals surface area contributed by atoms with Gasteiger partial charge >= 0.3 is 0 Å². The van der Waals surface area contributed by atoms with Crippen LogP contribution in [0.2, 0.25) is 0 Å². The van der Waals surface area contributed by atoms with E-state index in [1.165, 1.54) is 180 Å². The molecular weight excluding hydrogens is 1750 g/mol. The van der Waals surface area contributed by atoms with Gasteiger partial charge in [-0.25, -0.2) is 9.97 Å². The van der Waals surface area contributed by atoms with E-state index < -0.39 is 0 Å². The molecule has 0 spiro atoms. The summed E-state index contributed by atoms with van der Waals surface area (Å²) in [5.41, 5.74) is 28.8. The number of hydrogen-bond donors (Lipinski definition) is 0. The molecule has 0 radical (unpaired) electrons. The molecule has 0 aliphatic heterocycles. The number of nitrogens with zero attached hydrogens (tertiary/aromatic N) is 12. The number of nitriles is 1. The summed E-state index contributed by atoms with van der Waals surface area (Å²) >= 11 is 0. The minimum atomic E-state index is 0.655. The molecular formula is C132H86N12. The van der Waals surface area contributed by atoms with Crippen molar-refractivity contribution in [2.75, 3.05) is 0 Å². The van der Waals surface area contributed by atoms with Crippen LogP contribution < -0.4 is 0 Å². The van der Waals surface area contributed by atoms with Crippen LogP contribution in [0, 0.1) is 18.3 Å². The zero-order valence-corrected chi connectivity index (χ0v) is 78.3. The molecule has 0 aliphatic rings. The monoisotopic (exact) mass is 1840 g/mol. The maximum Gasteiger partial charge on any atom is 0.140 e. The summed E-state index contributed by atoms with van der Waals surface area (Å²) in [6.45, 7) is 2.13. The molecule has 31 rings (SSSR count). The van der Waals surface area contributed by atoms with Crippen molar-refractivity contribution >= 4 is 196 Å². The summed E-state index contributed by atoms with van der Waals surface area (Å²) in [7, 11) is 0. The molecule has 11 aromatic heterocycles. The first-order valence-corrected chi connectivity index (χ1v) is 48.9. The van der Waals surface area contributed by atoms with Crippen molar-refractivity contribution in [3.05, 3.63) is 515 Å². The molecule has 0 saturated heterocycles. The Morgan fingerprint density at radius 2 is 0.312 bits per heavy atom. The maximum atomic E-state index is 9.45. The van der Waals surface area contributed by atoms with E-state index in [0.717, 1.165) is 73.2 Å². The Bertz CT molecular complexity index is 9500. The molecule has 12 heteroatoms. The fourth-order valence-electron chi connectivity index (χ4n) is 23.0. The Balaban J connectivity index is 0.0000000944. The topological polar surface area (TPSA) is 93.9 Å². The van der Waals surface area contributed by atoms with Gasteiger partial charge in [-0.15, -0.1) is 0 Å². The van der Waals surface area contributed by atoms with Gasteiger partial charge in [0, 0.05) is 108 Å². The lowest BCUT2D eigenvalue weighted by Crippen LogP contribution is -2.03. The van der Waals surface area contributed by atoms with Crippen LogP contribution in [0.1, 0.15) is 11.1 Å². The third-order valence-electron chi connectivity index (χ3n) is 29.1. The van der Waals surface area contributed by atoms with Gasteiger partial charge in [0.1, 0.15) is 23.3 Å². The van der Waals surface area contributed by atoms with E-state index in [0.29, 0.717) is 5.56 Å². The van der Waals surface area contributed by atoms with Gasteiger partial charge in [-0.3, -0.25) is 18.3 Å². The maximum absolute atomic E-state index is 9.45. The van der Waals surface area contributed by atoms with Crippen LogP contribution in [0.5, 0.6) is 0 Å². The molecule has 0 fully saturated rings. The summed E-state index contributed by atoms with van der Waals surface area (Å²) in [5, 5.41) is 31.7. The van der Waals surface area contributed by atoms with E-state index in [9.17, 15) is 5.26 Å². The highest BCUT2D eigenvalue weighted by Crippen LogP contribution is 2.45. The van der Waals surface area contributed by atoms with Crippen molar-refractivity contribution < 1.29 is 0 Å². The Hall–Kier alpha value is -19.6. The first-order valence-electron chi connectivity index (χ1n) is 48.9. The molecule has 0 unspecified atom stereocenters. The number of hydrogen-bond acceptors (Lipinski definition) is 3. The number of pyridine rings is 2. The smallest absolute Gasteiger partial charge is 0.140 e. The number of aromatic nitrogens is 11. The summed E-state index contributed by atoms with van der Waals surface area (Å²) in [6.07, 6.45) is 0. The van der Waals surface area contributed by atoms with Crippen LogP contribution in [-0.2, 0) is 0 Å². The summed E-state index contributed by atoms with van der Waals surface area (Å²) in [4.78, 5) is 10.4. The van der Waals surface area contributed by atoms with E-state index in [1.54, 1.807) is 0 Å². The van der Waals surface area contributed by atoms with E-state index in [-0.39, 0.29) is 0 Å². The van der Waals surface area contributed by atoms with Crippen molar-refractivity contribution in [3.63, 3.8) is 0 Å². The Labute approximate surface area is 826 Å². The highest BCUT2D eigenvalue weighted by Gasteiger charge is 2.25. The number of benzene rings is 20. The predicted octanol–water partition coefficient (Wildman–Crippen LogP) is 33.6. The van der Waals surface area contributed by atoms with Gasteiger partial charge in [0.25, 0.3) is 0 Å². The number of para-hydroxylation sites is 16. The van der Waals surface area contributed by atoms with Crippen molar-refractivity contribution in [1.29, 1.82) is 5.26 Å². The molecule has 12 nitrogen and oxygen atoms in total. The predicted molar refractivity (Wildman–Crippen MR) is 600 cm³/mol. The zero-order valence-electron chi connectivity index (χ0n) is 78.3. The molecule has 11 heterocycles.